The van der Waals surface area contributed by atoms with Gasteiger partial charge in [-0.25, -0.2) is 0 Å². The van der Waals surface area contributed by atoms with Crippen molar-refractivity contribution in [3.8, 4) is 5.75 Å². The Morgan fingerprint density at radius 2 is 1.81 bits per heavy atom. The van der Waals surface area contributed by atoms with Crippen molar-refractivity contribution in [2.75, 3.05) is 6.61 Å². The quantitative estimate of drug-likeness (QED) is 0.456. The molecule has 1 aromatic carbocycles. The molecule has 0 heterocycles. The molecular weight excluding hydrogens is 320 g/mol. The number of phenols is 1. The minimum absolute atomic E-state index is 0.118. The summed E-state index contributed by atoms with van der Waals surface area (Å²) in [5.41, 5.74) is 2.52. The zero-order chi connectivity index (χ0) is 19.0. The van der Waals surface area contributed by atoms with Crippen LogP contribution in [0.5, 0.6) is 5.75 Å². The second-order valence-corrected chi connectivity index (χ2v) is 8.99. The van der Waals surface area contributed by atoms with Crippen molar-refractivity contribution in [3.63, 3.8) is 0 Å². The predicted octanol–water partition coefficient (Wildman–Crippen LogP) is 6.69. The fourth-order valence-electron chi connectivity index (χ4n) is 4.73. The summed E-state index contributed by atoms with van der Waals surface area (Å²) in [5.74, 6) is 1.55. The summed E-state index contributed by atoms with van der Waals surface area (Å²) >= 11 is 0. The molecule has 1 aromatic rings. The summed E-state index contributed by atoms with van der Waals surface area (Å²) < 4.78 is 0. The van der Waals surface area contributed by atoms with Gasteiger partial charge in [0.25, 0.3) is 0 Å². The van der Waals surface area contributed by atoms with Crippen molar-refractivity contribution in [2.24, 2.45) is 5.92 Å². The van der Waals surface area contributed by atoms with Crippen LogP contribution in [0.25, 0.3) is 0 Å². The monoisotopic (exact) mass is 360 g/mol. The first-order valence-corrected chi connectivity index (χ1v) is 10.9. The molecule has 2 atom stereocenters. The van der Waals surface area contributed by atoms with Crippen molar-refractivity contribution >= 4 is 0 Å². The third-order valence-electron chi connectivity index (χ3n) is 6.51. The lowest BCUT2D eigenvalue weighted by Crippen LogP contribution is -2.20. The van der Waals surface area contributed by atoms with Gasteiger partial charge in [0.15, 0.2) is 0 Å². The first kappa shape index (κ1) is 21.3. The molecule has 0 unspecified atom stereocenters. The highest BCUT2D eigenvalue weighted by molar-refractivity contribution is 5.41. The molecule has 1 saturated carbocycles. The molecule has 0 aromatic heterocycles. The normalized spacial score (nSPS) is 21.1. The van der Waals surface area contributed by atoms with Crippen LogP contribution in [0.2, 0.25) is 0 Å². The van der Waals surface area contributed by atoms with E-state index in [4.69, 9.17) is 0 Å². The van der Waals surface area contributed by atoms with E-state index in [1.807, 2.05) is 6.07 Å². The van der Waals surface area contributed by atoms with Gasteiger partial charge in [-0.15, -0.1) is 0 Å². The summed E-state index contributed by atoms with van der Waals surface area (Å²) in [6.45, 7) is 7.14. The average molecular weight is 361 g/mol. The highest BCUT2D eigenvalue weighted by Gasteiger charge is 2.29. The van der Waals surface area contributed by atoms with E-state index in [0.717, 1.165) is 18.4 Å². The fraction of sp³-hybridized carbons (Fsp3) is 0.750. The maximum Gasteiger partial charge on any atom is 0.119 e. The Morgan fingerprint density at radius 1 is 1.04 bits per heavy atom. The van der Waals surface area contributed by atoms with Crippen LogP contribution in [0.15, 0.2) is 18.2 Å². The Labute approximate surface area is 161 Å². The second kappa shape index (κ2) is 10.3. The number of aliphatic hydroxyl groups is 1. The van der Waals surface area contributed by atoms with Gasteiger partial charge in [-0.05, 0) is 66.5 Å². The number of aromatic hydroxyl groups is 1. The van der Waals surface area contributed by atoms with Crippen molar-refractivity contribution in [3.05, 3.63) is 29.3 Å². The molecule has 2 nitrogen and oxygen atoms in total. The van der Waals surface area contributed by atoms with Gasteiger partial charge < -0.3 is 10.2 Å². The number of rotatable bonds is 10. The summed E-state index contributed by atoms with van der Waals surface area (Å²) in [6.07, 6.45) is 13.2. The molecule has 0 spiro atoms. The molecule has 0 amide bonds. The summed E-state index contributed by atoms with van der Waals surface area (Å²) in [6, 6.07) is 6.49. The van der Waals surface area contributed by atoms with Crippen molar-refractivity contribution in [2.45, 2.75) is 103 Å². The molecule has 2 N–H and O–H groups in total. The fourth-order valence-corrected chi connectivity index (χ4v) is 4.73. The van der Waals surface area contributed by atoms with E-state index in [-0.39, 0.29) is 12.0 Å². The Hall–Kier alpha value is -1.02. The van der Waals surface area contributed by atoms with Crippen LogP contribution in [0.1, 0.15) is 108 Å². The maximum absolute atomic E-state index is 10.8. The first-order chi connectivity index (χ1) is 12.5. The molecule has 1 aliphatic rings. The van der Waals surface area contributed by atoms with E-state index in [2.05, 4.69) is 32.9 Å². The highest BCUT2D eigenvalue weighted by Crippen LogP contribution is 2.44. The van der Waals surface area contributed by atoms with Crippen molar-refractivity contribution in [1.29, 1.82) is 0 Å². The highest BCUT2D eigenvalue weighted by atomic mass is 16.3. The summed E-state index contributed by atoms with van der Waals surface area (Å²) in [7, 11) is 0. The van der Waals surface area contributed by atoms with E-state index in [0.29, 0.717) is 17.6 Å². The zero-order valence-electron chi connectivity index (χ0n) is 17.3. The van der Waals surface area contributed by atoms with E-state index in [1.165, 1.54) is 63.4 Å². The summed E-state index contributed by atoms with van der Waals surface area (Å²) in [5, 5.41) is 20.0. The number of phenolic OH excluding ortho intramolecular Hbond substituents is 1. The lowest BCUT2D eigenvalue weighted by atomic mass is 9.72. The molecule has 0 bridgehead atoms. The Kier molecular flexibility index (Phi) is 8.47. The number of benzene rings is 1. The third-order valence-corrected chi connectivity index (χ3v) is 6.51. The van der Waals surface area contributed by atoms with Crippen LogP contribution in [-0.4, -0.2) is 16.8 Å². The second-order valence-electron chi connectivity index (χ2n) is 8.99. The molecular formula is C24H40O2. The lowest BCUT2D eigenvalue weighted by molar-refractivity contribution is 0.235. The topological polar surface area (TPSA) is 40.5 Å². The number of hydrogen-bond acceptors (Lipinski definition) is 2. The van der Waals surface area contributed by atoms with Gasteiger partial charge >= 0.3 is 0 Å². The standard InChI is InChI=1S/C24H40O2/c1-4-5-6-9-16-24(2,3)20-14-15-22(23(26)18-20)21-13-8-7-11-19(21)12-10-17-25/h14-15,18-19,21,25-26H,4-13,16-17H2,1-3H3/t19-,21+/m1/s1. The maximum atomic E-state index is 10.8. The largest absolute Gasteiger partial charge is 0.508 e. The molecule has 2 rings (SSSR count). The summed E-state index contributed by atoms with van der Waals surface area (Å²) in [4.78, 5) is 0. The molecule has 26 heavy (non-hydrogen) atoms. The van der Waals surface area contributed by atoms with Gasteiger partial charge in [0, 0.05) is 6.61 Å². The van der Waals surface area contributed by atoms with Gasteiger partial charge in [0.2, 0.25) is 0 Å². The molecule has 0 saturated heterocycles. The van der Waals surface area contributed by atoms with Gasteiger partial charge in [-0.2, -0.15) is 0 Å². The van der Waals surface area contributed by atoms with E-state index >= 15 is 0 Å². The van der Waals surface area contributed by atoms with Gasteiger partial charge in [0.05, 0.1) is 0 Å². The van der Waals surface area contributed by atoms with E-state index < -0.39 is 0 Å². The SMILES string of the molecule is CCCCCCC(C)(C)c1ccc([C@H]2CCCC[C@@H]2CCCO)c(O)c1. The smallest absolute Gasteiger partial charge is 0.119 e. The molecule has 148 valence electrons. The lowest BCUT2D eigenvalue weighted by Gasteiger charge is -2.33. The zero-order valence-corrected chi connectivity index (χ0v) is 17.3. The molecule has 1 aliphatic carbocycles. The van der Waals surface area contributed by atoms with Gasteiger partial charge in [0.1, 0.15) is 5.75 Å². The van der Waals surface area contributed by atoms with Crippen LogP contribution in [0.3, 0.4) is 0 Å². The molecule has 0 radical (unpaired) electrons. The third kappa shape index (κ3) is 5.74. The van der Waals surface area contributed by atoms with Crippen LogP contribution in [0.4, 0.5) is 0 Å². The van der Waals surface area contributed by atoms with Crippen LogP contribution < -0.4 is 0 Å². The number of hydrogen-bond donors (Lipinski definition) is 2. The molecule has 2 heteroatoms. The minimum atomic E-state index is 0.118. The van der Waals surface area contributed by atoms with Gasteiger partial charge in [-0.3, -0.25) is 0 Å². The Morgan fingerprint density at radius 3 is 2.50 bits per heavy atom. The minimum Gasteiger partial charge on any atom is -0.508 e. The average Bonchev–Trinajstić information content (AvgIpc) is 2.64. The van der Waals surface area contributed by atoms with Crippen molar-refractivity contribution in [1.82, 2.24) is 0 Å². The van der Waals surface area contributed by atoms with E-state index in [9.17, 15) is 10.2 Å². The van der Waals surface area contributed by atoms with Gasteiger partial charge in [-0.1, -0.05) is 71.4 Å². The van der Waals surface area contributed by atoms with E-state index in [1.54, 1.807) is 0 Å². The Balaban J connectivity index is 2.09. The Bertz CT molecular complexity index is 535. The first-order valence-electron chi connectivity index (χ1n) is 10.9. The molecule has 1 fully saturated rings. The predicted molar refractivity (Wildman–Crippen MR) is 111 cm³/mol. The molecule has 0 aliphatic heterocycles. The van der Waals surface area contributed by atoms with Crippen molar-refractivity contribution < 1.29 is 10.2 Å². The number of aliphatic hydroxyl groups excluding tert-OH is 1. The number of unbranched alkanes of at least 4 members (excludes halogenated alkanes) is 3. The van der Waals surface area contributed by atoms with Crippen LogP contribution >= 0.6 is 0 Å². The van der Waals surface area contributed by atoms with Crippen LogP contribution in [0, 0.1) is 5.92 Å². The van der Waals surface area contributed by atoms with Crippen LogP contribution in [-0.2, 0) is 5.41 Å².